The summed E-state index contributed by atoms with van der Waals surface area (Å²) in [6.45, 7) is 12.6. The zero-order valence-electron chi connectivity index (χ0n) is 14.6. The molecule has 0 spiro atoms. The standard InChI is InChI=1S/C15H29NO5S/c1-10(22(18,19)20)11-8-9-15(7,14(11,5)6)16-12(17)21-13(2,3)4/h10-11H,8-9H2,1-7H3,(H,16,17)(H,18,19,20)/t10?,11-,15-/m1/s1. The monoisotopic (exact) mass is 335 g/mol. The minimum atomic E-state index is -4.11. The third-order valence-corrected chi connectivity index (χ3v) is 6.39. The third-order valence-electron chi connectivity index (χ3n) is 5.12. The fourth-order valence-corrected chi connectivity index (χ4v) is 4.21. The second kappa shape index (κ2) is 5.67. The highest BCUT2D eigenvalue weighted by atomic mass is 32.2. The fourth-order valence-electron chi connectivity index (χ4n) is 3.32. The molecule has 1 amide bonds. The maximum absolute atomic E-state index is 12.1. The molecule has 1 aliphatic carbocycles. The molecule has 2 N–H and O–H groups in total. The van der Waals surface area contributed by atoms with Crippen molar-refractivity contribution in [3.05, 3.63) is 0 Å². The highest BCUT2D eigenvalue weighted by Gasteiger charge is 2.55. The van der Waals surface area contributed by atoms with E-state index in [2.05, 4.69) is 5.32 Å². The molecule has 1 fully saturated rings. The van der Waals surface area contributed by atoms with E-state index in [4.69, 9.17) is 4.74 Å². The molecule has 1 unspecified atom stereocenters. The Kier molecular flexibility index (Phi) is 4.96. The van der Waals surface area contributed by atoms with E-state index in [0.29, 0.717) is 12.8 Å². The molecule has 0 aromatic carbocycles. The lowest BCUT2D eigenvalue weighted by Crippen LogP contribution is -2.56. The summed E-state index contributed by atoms with van der Waals surface area (Å²) in [7, 11) is -4.11. The highest BCUT2D eigenvalue weighted by molar-refractivity contribution is 7.86. The number of ether oxygens (including phenoxy) is 1. The molecule has 0 bridgehead atoms. The van der Waals surface area contributed by atoms with Gasteiger partial charge in [0.2, 0.25) is 0 Å². The van der Waals surface area contributed by atoms with Gasteiger partial charge in [0, 0.05) is 5.54 Å². The van der Waals surface area contributed by atoms with Gasteiger partial charge in [-0.05, 0) is 58.8 Å². The first-order chi connectivity index (χ1) is 9.60. The van der Waals surface area contributed by atoms with Gasteiger partial charge in [0.25, 0.3) is 10.1 Å². The van der Waals surface area contributed by atoms with Gasteiger partial charge in [-0.3, -0.25) is 4.55 Å². The van der Waals surface area contributed by atoms with Crippen molar-refractivity contribution >= 4 is 16.2 Å². The van der Waals surface area contributed by atoms with E-state index in [0.717, 1.165) is 0 Å². The van der Waals surface area contributed by atoms with Crippen molar-refractivity contribution < 1.29 is 22.5 Å². The van der Waals surface area contributed by atoms with Crippen LogP contribution in [0.25, 0.3) is 0 Å². The summed E-state index contributed by atoms with van der Waals surface area (Å²) in [5, 5.41) is 2.03. The molecule has 0 radical (unpaired) electrons. The molecular formula is C15H29NO5S. The van der Waals surface area contributed by atoms with Gasteiger partial charge < -0.3 is 10.1 Å². The maximum Gasteiger partial charge on any atom is 0.408 e. The van der Waals surface area contributed by atoms with Crippen molar-refractivity contribution in [1.82, 2.24) is 5.32 Å². The molecule has 22 heavy (non-hydrogen) atoms. The summed E-state index contributed by atoms with van der Waals surface area (Å²) in [5.74, 6) is -0.248. The Hall–Kier alpha value is -0.820. The molecule has 6 nitrogen and oxygen atoms in total. The van der Waals surface area contributed by atoms with Crippen molar-refractivity contribution in [1.29, 1.82) is 0 Å². The van der Waals surface area contributed by atoms with E-state index in [-0.39, 0.29) is 5.92 Å². The quantitative estimate of drug-likeness (QED) is 0.773. The topological polar surface area (TPSA) is 92.7 Å². The second-order valence-corrected chi connectivity index (χ2v) is 9.82. The van der Waals surface area contributed by atoms with Crippen molar-refractivity contribution in [3.8, 4) is 0 Å². The van der Waals surface area contributed by atoms with Gasteiger partial charge in [-0.15, -0.1) is 0 Å². The van der Waals surface area contributed by atoms with Crippen LogP contribution in [-0.4, -0.2) is 35.5 Å². The molecule has 0 heterocycles. The minimum Gasteiger partial charge on any atom is -0.444 e. The predicted octanol–water partition coefficient (Wildman–Crippen LogP) is 2.98. The Morgan fingerprint density at radius 1 is 1.32 bits per heavy atom. The second-order valence-electron chi connectivity index (χ2n) is 8.05. The normalized spacial score (nSPS) is 29.9. The number of hydrogen-bond acceptors (Lipinski definition) is 4. The Labute approximate surface area is 133 Å². The molecule has 1 saturated carbocycles. The van der Waals surface area contributed by atoms with Crippen LogP contribution in [-0.2, 0) is 14.9 Å². The molecule has 7 heteroatoms. The van der Waals surface area contributed by atoms with E-state index < -0.39 is 38.0 Å². The summed E-state index contributed by atoms with van der Waals surface area (Å²) in [6.07, 6.45) is 0.729. The van der Waals surface area contributed by atoms with E-state index >= 15 is 0 Å². The number of rotatable bonds is 3. The van der Waals surface area contributed by atoms with Crippen LogP contribution in [0.5, 0.6) is 0 Å². The lowest BCUT2D eigenvalue weighted by molar-refractivity contribution is 0.0349. The Morgan fingerprint density at radius 2 is 1.82 bits per heavy atom. The molecule has 0 aromatic heterocycles. The Morgan fingerprint density at radius 3 is 2.23 bits per heavy atom. The first kappa shape index (κ1) is 19.2. The van der Waals surface area contributed by atoms with Crippen molar-refractivity contribution in [2.24, 2.45) is 11.3 Å². The third kappa shape index (κ3) is 3.93. The first-order valence-corrected chi connectivity index (χ1v) is 9.08. The van der Waals surface area contributed by atoms with Crippen LogP contribution in [0.1, 0.15) is 61.3 Å². The SMILES string of the molecule is CC([C@H]1CC[C@@](C)(NC(=O)OC(C)(C)C)C1(C)C)S(=O)(=O)O. The van der Waals surface area contributed by atoms with Gasteiger partial charge in [-0.25, -0.2) is 4.79 Å². The van der Waals surface area contributed by atoms with E-state index in [1.54, 1.807) is 20.8 Å². The number of carbonyl (C=O) groups excluding carboxylic acids is 1. The van der Waals surface area contributed by atoms with E-state index in [1.807, 2.05) is 20.8 Å². The molecule has 0 aromatic rings. The molecular weight excluding hydrogens is 306 g/mol. The number of nitrogens with one attached hydrogen (secondary N) is 1. The maximum atomic E-state index is 12.1. The summed E-state index contributed by atoms with van der Waals surface area (Å²) in [5.41, 5.74) is -1.69. The first-order valence-electron chi connectivity index (χ1n) is 7.58. The number of alkyl carbamates (subject to hydrolysis) is 1. The summed E-state index contributed by atoms with van der Waals surface area (Å²) in [4.78, 5) is 12.1. The van der Waals surface area contributed by atoms with Crippen LogP contribution in [0.2, 0.25) is 0 Å². The Balaban J connectivity index is 2.96. The fraction of sp³-hybridized carbons (Fsp3) is 0.933. The largest absolute Gasteiger partial charge is 0.444 e. The van der Waals surface area contributed by atoms with Crippen LogP contribution < -0.4 is 5.32 Å². The molecule has 1 aliphatic rings. The minimum absolute atomic E-state index is 0.248. The molecule has 130 valence electrons. The number of carbonyl (C=O) groups is 1. The van der Waals surface area contributed by atoms with E-state index in [9.17, 15) is 17.8 Å². The predicted molar refractivity (Wildman–Crippen MR) is 85.3 cm³/mol. The lowest BCUT2D eigenvalue weighted by Gasteiger charge is -2.43. The van der Waals surface area contributed by atoms with Gasteiger partial charge in [-0.1, -0.05) is 13.8 Å². The van der Waals surface area contributed by atoms with Crippen molar-refractivity contribution in [3.63, 3.8) is 0 Å². The lowest BCUT2D eigenvalue weighted by atomic mass is 9.70. The van der Waals surface area contributed by atoms with Gasteiger partial charge in [0.1, 0.15) is 5.60 Å². The van der Waals surface area contributed by atoms with Gasteiger partial charge >= 0.3 is 6.09 Å². The molecule has 0 saturated heterocycles. The van der Waals surface area contributed by atoms with Crippen LogP contribution in [0.4, 0.5) is 4.79 Å². The van der Waals surface area contributed by atoms with Crippen LogP contribution >= 0.6 is 0 Å². The average Bonchev–Trinajstić information content (AvgIpc) is 2.44. The summed E-state index contributed by atoms with van der Waals surface area (Å²) in [6, 6.07) is 0. The number of hydrogen-bond donors (Lipinski definition) is 2. The van der Waals surface area contributed by atoms with Gasteiger partial charge in [-0.2, -0.15) is 8.42 Å². The van der Waals surface area contributed by atoms with Gasteiger partial charge in [0.05, 0.1) is 5.25 Å². The molecule has 0 aliphatic heterocycles. The smallest absolute Gasteiger partial charge is 0.408 e. The van der Waals surface area contributed by atoms with Crippen molar-refractivity contribution in [2.45, 2.75) is 77.7 Å². The van der Waals surface area contributed by atoms with Gasteiger partial charge in [0.15, 0.2) is 0 Å². The van der Waals surface area contributed by atoms with Crippen molar-refractivity contribution in [2.75, 3.05) is 0 Å². The number of amides is 1. The zero-order chi connectivity index (χ0) is 17.6. The van der Waals surface area contributed by atoms with Crippen LogP contribution in [0, 0.1) is 11.3 Å². The molecule has 1 rings (SSSR count). The van der Waals surface area contributed by atoms with Crippen LogP contribution in [0.3, 0.4) is 0 Å². The molecule has 3 atom stereocenters. The Bertz CT molecular complexity index is 535. The van der Waals surface area contributed by atoms with E-state index in [1.165, 1.54) is 6.92 Å². The average molecular weight is 335 g/mol. The summed E-state index contributed by atoms with van der Waals surface area (Å²) >= 11 is 0. The summed E-state index contributed by atoms with van der Waals surface area (Å²) < 4.78 is 37.6. The highest BCUT2D eigenvalue weighted by Crippen LogP contribution is 2.52. The zero-order valence-corrected chi connectivity index (χ0v) is 15.4. The van der Waals surface area contributed by atoms with Crippen LogP contribution in [0.15, 0.2) is 0 Å².